The van der Waals surface area contributed by atoms with Gasteiger partial charge in [-0.15, -0.1) is 0 Å². The van der Waals surface area contributed by atoms with Gasteiger partial charge in [0.05, 0.1) is 4.83 Å². The van der Waals surface area contributed by atoms with Crippen molar-refractivity contribution in [1.82, 2.24) is 0 Å². The van der Waals surface area contributed by atoms with Crippen LogP contribution >= 0.6 is 43.5 Å². The Balaban J connectivity index is 2.39. The van der Waals surface area contributed by atoms with E-state index in [1.807, 2.05) is 18.2 Å². The molecule has 0 amide bonds. The molecule has 0 saturated heterocycles. The molecule has 0 aromatic heterocycles. The van der Waals surface area contributed by atoms with Crippen LogP contribution in [0.3, 0.4) is 0 Å². The van der Waals surface area contributed by atoms with Crippen molar-refractivity contribution in [1.29, 1.82) is 0 Å². The molecule has 2 rings (SSSR count). The summed E-state index contributed by atoms with van der Waals surface area (Å²) in [5.74, 6) is 0. The Kier molecular flexibility index (Phi) is 4.29. The van der Waals surface area contributed by atoms with Crippen molar-refractivity contribution in [2.24, 2.45) is 0 Å². The summed E-state index contributed by atoms with van der Waals surface area (Å²) in [6, 6.07) is 14.3. The zero-order valence-electron chi connectivity index (χ0n) is 9.25. The highest BCUT2D eigenvalue weighted by Gasteiger charge is 2.13. The Hall–Kier alpha value is -0.310. The zero-order valence-corrected chi connectivity index (χ0v) is 13.2. The third-order valence-corrected chi connectivity index (χ3v) is 4.58. The Morgan fingerprint density at radius 2 is 1.71 bits per heavy atom. The quantitative estimate of drug-likeness (QED) is 0.575. The number of hydrogen-bond acceptors (Lipinski definition) is 0. The molecule has 0 heterocycles. The van der Waals surface area contributed by atoms with Gasteiger partial charge in [-0.05, 0) is 36.2 Å². The fourth-order valence-electron chi connectivity index (χ4n) is 1.62. The highest BCUT2D eigenvalue weighted by atomic mass is 79.9. The number of hydrogen-bond donors (Lipinski definition) is 0. The van der Waals surface area contributed by atoms with Crippen molar-refractivity contribution in [2.75, 3.05) is 0 Å². The van der Waals surface area contributed by atoms with Crippen LogP contribution in [-0.4, -0.2) is 0 Å². The monoisotopic (exact) mass is 372 g/mol. The summed E-state index contributed by atoms with van der Waals surface area (Å²) in [6.45, 7) is 2.09. The second-order valence-corrected chi connectivity index (χ2v) is 6.15. The molecular weight excluding hydrogens is 363 g/mol. The Morgan fingerprint density at radius 1 is 1.06 bits per heavy atom. The predicted molar refractivity (Wildman–Crippen MR) is 81.1 cm³/mol. The molecule has 2 aromatic carbocycles. The van der Waals surface area contributed by atoms with Gasteiger partial charge in [-0.3, -0.25) is 0 Å². The van der Waals surface area contributed by atoms with Gasteiger partial charge in [-0.25, -0.2) is 0 Å². The van der Waals surface area contributed by atoms with Gasteiger partial charge in [0.2, 0.25) is 0 Å². The van der Waals surface area contributed by atoms with Gasteiger partial charge in [0, 0.05) is 9.50 Å². The van der Waals surface area contributed by atoms with E-state index in [4.69, 9.17) is 11.6 Å². The molecule has 1 unspecified atom stereocenters. The molecule has 3 heteroatoms. The molecule has 2 aromatic rings. The van der Waals surface area contributed by atoms with Gasteiger partial charge in [0.15, 0.2) is 0 Å². The molecule has 0 aliphatic carbocycles. The number of aryl methyl sites for hydroxylation is 1. The lowest BCUT2D eigenvalue weighted by atomic mass is 10.0. The average Bonchev–Trinajstić information content (AvgIpc) is 2.32. The summed E-state index contributed by atoms with van der Waals surface area (Å²) in [7, 11) is 0. The van der Waals surface area contributed by atoms with Gasteiger partial charge >= 0.3 is 0 Å². The second kappa shape index (κ2) is 5.55. The van der Waals surface area contributed by atoms with Crippen molar-refractivity contribution in [3.05, 3.63) is 68.7 Å². The first-order chi connectivity index (χ1) is 8.08. The standard InChI is InChI=1S/C14H11Br2Cl/c1-9-2-4-10(5-3-9)14(16)12-8-11(17)6-7-13(12)15/h2-8,14H,1H3. The van der Waals surface area contributed by atoms with Crippen molar-refractivity contribution < 1.29 is 0 Å². The molecule has 0 saturated carbocycles. The number of alkyl halides is 1. The summed E-state index contributed by atoms with van der Waals surface area (Å²) in [6.07, 6.45) is 0. The molecule has 88 valence electrons. The lowest BCUT2D eigenvalue weighted by molar-refractivity contribution is 1.16. The summed E-state index contributed by atoms with van der Waals surface area (Å²) in [4.78, 5) is 0.149. The van der Waals surface area contributed by atoms with E-state index in [0.29, 0.717) is 0 Å². The molecule has 1 atom stereocenters. The maximum absolute atomic E-state index is 6.03. The molecule has 0 spiro atoms. The van der Waals surface area contributed by atoms with E-state index < -0.39 is 0 Å². The lowest BCUT2D eigenvalue weighted by Gasteiger charge is -2.13. The van der Waals surface area contributed by atoms with Crippen molar-refractivity contribution in [3.8, 4) is 0 Å². The van der Waals surface area contributed by atoms with E-state index in [1.54, 1.807) is 0 Å². The van der Waals surface area contributed by atoms with Crippen LogP contribution in [0.15, 0.2) is 46.9 Å². The Morgan fingerprint density at radius 3 is 2.35 bits per heavy atom. The van der Waals surface area contributed by atoms with Crippen LogP contribution < -0.4 is 0 Å². The summed E-state index contributed by atoms with van der Waals surface area (Å²) in [5.41, 5.74) is 3.62. The molecule has 0 bridgehead atoms. The van der Waals surface area contributed by atoms with Crippen LogP contribution in [0.25, 0.3) is 0 Å². The van der Waals surface area contributed by atoms with Gasteiger partial charge < -0.3 is 0 Å². The largest absolute Gasteiger partial charge is 0.0843 e. The third kappa shape index (κ3) is 3.12. The fourth-order valence-corrected chi connectivity index (χ4v) is 3.27. The number of benzene rings is 2. The fraction of sp³-hybridized carbons (Fsp3) is 0.143. The maximum Gasteiger partial charge on any atom is 0.0656 e. The van der Waals surface area contributed by atoms with Crippen molar-refractivity contribution in [2.45, 2.75) is 11.8 Å². The van der Waals surface area contributed by atoms with Crippen molar-refractivity contribution >= 4 is 43.5 Å². The second-order valence-electron chi connectivity index (χ2n) is 3.94. The minimum absolute atomic E-state index is 0.149. The summed E-state index contributed by atoms with van der Waals surface area (Å²) < 4.78 is 1.06. The summed E-state index contributed by atoms with van der Waals surface area (Å²) in [5, 5.41) is 0.750. The van der Waals surface area contributed by atoms with Crippen LogP contribution in [0.2, 0.25) is 5.02 Å². The van der Waals surface area contributed by atoms with E-state index in [-0.39, 0.29) is 4.83 Å². The van der Waals surface area contributed by atoms with E-state index in [0.717, 1.165) is 15.1 Å². The topological polar surface area (TPSA) is 0 Å². The van der Waals surface area contributed by atoms with Gasteiger partial charge in [-0.2, -0.15) is 0 Å². The van der Waals surface area contributed by atoms with Gasteiger partial charge in [0.1, 0.15) is 0 Å². The van der Waals surface area contributed by atoms with E-state index >= 15 is 0 Å². The number of halogens is 3. The Bertz CT molecular complexity index is 520. The van der Waals surface area contributed by atoms with E-state index in [1.165, 1.54) is 11.1 Å². The first kappa shape index (κ1) is 13.1. The molecule has 0 N–H and O–H groups in total. The molecule has 17 heavy (non-hydrogen) atoms. The van der Waals surface area contributed by atoms with Crippen LogP contribution in [-0.2, 0) is 0 Å². The highest BCUT2D eigenvalue weighted by Crippen LogP contribution is 2.36. The van der Waals surface area contributed by atoms with Crippen LogP contribution in [0.4, 0.5) is 0 Å². The Labute approximate surface area is 123 Å². The highest BCUT2D eigenvalue weighted by molar-refractivity contribution is 9.11. The molecule has 0 nitrogen and oxygen atoms in total. The van der Waals surface area contributed by atoms with Crippen molar-refractivity contribution in [3.63, 3.8) is 0 Å². The van der Waals surface area contributed by atoms with Crippen LogP contribution in [0.1, 0.15) is 21.5 Å². The minimum Gasteiger partial charge on any atom is -0.0843 e. The first-order valence-corrected chi connectivity index (χ1v) is 7.32. The van der Waals surface area contributed by atoms with Gasteiger partial charge in [-0.1, -0.05) is 73.3 Å². The van der Waals surface area contributed by atoms with Gasteiger partial charge in [0.25, 0.3) is 0 Å². The maximum atomic E-state index is 6.03. The zero-order chi connectivity index (χ0) is 12.4. The third-order valence-electron chi connectivity index (χ3n) is 2.60. The molecule has 0 aliphatic heterocycles. The SMILES string of the molecule is Cc1ccc(C(Br)c2cc(Cl)ccc2Br)cc1. The lowest BCUT2D eigenvalue weighted by Crippen LogP contribution is -1.94. The first-order valence-electron chi connectivity index (χ1n) is 5.23. The van der Waals surface area contributed by atoms with Crippen LogP contribution in [0.5, 0.6) is 0 Å². The van der Waals surface area contributed by atoms with Crippen LogP contribution in [0, 0.1) is 6.92 Å². The minimum atomic E-state index is 0.149. The average molecular weight is 375 g/mol. The number of rotatable bonds is 2. The normalized spacial score (nSPS) is 12.5. The molecule has 0 fully saturated rings. The molecular formula is C14H11Br2Cl. The molecule has 0 aliphatic rings. The predicted octanol–water partition coefficient (Wildman–Crippen LogP) is 5.90. The van der Waals surface area contributed by atoms with E-state index in [2.05, 4.69) is 63.0 Å². The molecule has 0 radical (unpaired) electrons. The smallest absolute Gasteiger partial charge is 0.0656 e. The van der Waals surface area contributed by atoms with E-state index in [9.17, 15) is 0 Å². The summed E-state index contributed by atoms with van der Waals surface area (Å²) >= 11 is 13.3.